The van der Waals surface area contributed by atoms with Crippen LogP contribution in [0.5, 0.6) is 11.5 Å². The lowest BCUT2D eigenvalue weighted by Gasteiger charge is -2.41. The van der Waals surface area contributed by atoms with E-state index in [1.165, 1.54) is 25.9 Å². The van der Waals surface area contributed by atoms with E-state index in [0.29, 0.717) is 0 Å². The smallest absolute Gasteiger partial charge is 0.165 e. The molecule has 0 aliphatic carbocycles. The highest BCUT2D eigenvalue weighted by Gasteiger charge is 2.29. The van der Waals surface area contributed by atoms with Crippen molar-refractivity contribution in [2.24, 2.45) is 0 Å². The molecule has 0 amide bonds. The lowest BCUT2D eigenvalue weighted by atomic mass is 10.0. The Kier molecular flexibility index (Phi) is 9.15. The highest BCUT2D eigenvalue weighted by atomic mass is 31.1. The first-order valence-corrected chi connectivity index (χ1v) is 11.0. The number of phenolic OH excluding ortho intramolecular Hbond substituents is 2. The maximum Gasteiger partial charge on any atom is 0.165 e. The van der Waals surface area contributed by atoms with Crippen LogP contribution < -0.4 is 5.30 Å². The molecular formula is C19H35N2O3P. The number of nitrogens with zero attached hydrogens (tertiary/aromatic N) is 2. The Bertz CT molecular complexity index is 526. The number of benzene rings is 1. The molecule has 0 atom stereocenters. The number of hydrogen-bond acceptors (Lipinski definition) is 4. The van der Waals surface area contributed by atoms with Crippen LogP contribution in [0, 0.1) is 6.92 Å². The third-order valence-corrected chi connectivity index (χ3v) is 7.71. The van der Waals surface area contributed by atoms with E-state index in [2.05, 4.69) is 16.8 Å². The molecule has 6 heteroatoms. The minimum Gasteiger partial charge on any atom is -0.504 e. The predicted molar refractivity (Wildman–Crippen MR) is 108 cm³/mol. The molecule has 0 aromatic heterocycles. The molecule has 2 aliphatic heterocycles. The van der Waals surface area contributed by atoms with Gasteiger partial charge in [0, 0.05) is 24.4 Å². The van der Waals surface area contributed by atoms with E-state index in [1.807, 2.05) is 32.9 Å². The number of phenols is 2. The predicted octanol–water partition coefficient (Wildman–Crippen LogP) is 2.12. The van der Waals surface area contributed by atoms with Crippen molar-refractivity contribution in [3.05, 3.63) is 17.7 Å². The Labute approximate surface area is 153 Å². The van der Waals surface area contributed by atoms with Gasteiger partial charge >= 0.3 is 0 Å². The first-order valence-electron chi connectivity index (χ1n) is 9.25. The summed E-state index contributed by atoms with van der Waals surface area (Å²) < 4.78 is 0. The van der Waals surface area contributed by atoms with Crippen LogP contribution in [0.4, 0.5) is 0 Å². The first kappa shape index (κ1) is 22.2. The second-order valence-electron chi connectivity index (χ2n) is 6.66. The molecule has 0 radical (unpaired) electrons. The van der Waals surface area contributed by atoms with Gasteiger partial charge in [0.1, 0.15) is 0 Å². The Morgan fingerprint density at radius 3 is 2.08 bits per heavy atom. The summed E-state index contributed by atoms with van der Waals surface area (Å²) in [5, 5.41) is 21.2. The summed E-state index contributed by atoms with van der Waals surface area (Å²) in [7, 11) is 1.87. The normalized spacial score (nSPS) is 20.5. The fourth-order valence-corrected chi connectivity index (χ4v) is 6.01. The zero-order valence-corrected chi connectivity index (χ0v) is 17.0. The molecule has 2 saturated heterocycles. The van der Waals surface area contributed by atoms with Crippen LogP contribution in [0.25, 0.3) is 0 Å². The van der Waals surface area contributed by atoms with Crippen LogP contribution >= 0.6 is 7.92 Å². The second kappa shape index (κ2) is 10.3. The van der Waals surface area contributed by atoms with Gasteiger partial charge in [-0.2, -0.15) is 0 Å². The third-order valence-electron chi connectivity index (χ3n) is 5.19. The van der Waals surface area contributed by atoms with Crippen molar-refractivity contribution < 1.29 is 15.7 Å². The average Bonchev–Trinajstić information content (AvgIpc) is 2.63. The fraction of sp³-hybridized carbons (Fsp3) is 0.684. The summed E-state index contributed by atoms with van der Waals surface area (Å²) in [6.07, 6.45) is 4.84. The van der Waals surface area contributed by atoms with Crippen LogP contribution in [0.1, 0.15) is 32.3 Å². The van der Waals surface area contributed by atoms with E-state index in [4.69, 9.17) is 0 Å². The molecule has 2 fully saturated rings. The largest absolute Gasteiger partial charge is 0.504 e. The van der Waals surface area contributed by atoms with Gasteiger partial charge in [0.25, 0.3) is 0 Å². The lowest BCUT2D eigenvalue weighted by Crippen LogP contribution is -2.47. The van der Waals surface area contributed by atoms with Gasteiger partial charge in [0.05, 0.1) is 0 Å². The number of rotatable bonds is 2. The van der Waals surface area contributed by atoms with Crippen LogP contribution in [-0.2, 0) is 0 Å². The van der Waals surface area contributed by atoms with Gasteiger partial charge in [-0.1, -0.05) is 33.9 Å². The van der Waals surface area contributed by atoms with Crippen LogP contribution in [-0.4, -0.2) is 77.1 Å². The van der Waals surface area contributed by atoms with Gasteiger partial charge in [0.15, 0.2) is 11.5 Å². The Hall–Kier alpha value is -0.870. The number of hydrogen-bond donors (Lipinski definition) is 2. The summed E-state index contributed by atoms with van der Waals surface area (Å²) >= 11 is 0. The third kappa shape index (κ3) is 5.30. The molecule has 144 valence electrons. The maximum atomic E-state index is 10.2. The van der Waals surface area contributed by atoms with Crippen LogP contribution in [0.15, 0.2) is 12.1 Å². The molecule has 2 heterocycles. The standard InChI is InChI=1S/C17H27N2O2P.C2H6.H2O/c1-13-3-4-15(17(21)16(13)20)22-11-9-19(10-12-22)14-5-7-18(2)8-6-14;1-2;/h3-4,14,20-21H,5-12H2,1-2H3;1-2H3;1H2. The summed E-state index contributed by atoms with van der Waals surface area (Å²) in [5.41, 5.74) is 0.751. The van der Waals surface area contributed by atoms with Crippen molar-refractivity contribution in [2.45, 2.75) is 39.7 Å². The van der Waals surface area contributed by atoms with Gasteiger partial charge in [-0.15, -0.1) is 0 Å². The van der Waals surface area contributed by atoms with Crippen molar-refractivity contribution in [1.29, 1.82) is 0 Å². The van der Waals surface area contributed by atoms with Gasteiger partial charge in [-0.05, 0) is 57.8 Å². The molecule has 1 aromatic rings. The topological polar surface area (TPSA) is 78.4 Å². The van der Waals surface area contributed by atoms with Gasteiger partial charge < -0.3 is 20.6 Å². The molecule has 0 unspecified atom stereocenters. The van der Waals surface area contributed by atoms with Crippen molar-refractivity contribution in [1.82, 2.24) is 9.80 Å². The lowest BCUT2D eigenvalue weighted by molar-refractivity contribution is 0.130. The van der Waals surface area contributed by atoms with E-state index in [9.17, 15) is 10.2 Å². The van der Waals surface area contributed by atoms with Gasteiger partial charge in [-0.3, -0.25) is 4.90 Å². The SMILES string of the molecule is CC.Cc1ccc(P2CCN(C3CCN(C)CC3)CC2)c(O)c1O.O. The number of piperidine rings is 1. The maximum absolute atomic E-state index is 10.2. The highest BCUT2D eigenvalue weighted by molar-refractivity contribution is 7.66. The van der Waals surface area contributed by atoms with Crippen molar-refractivity contribution >= 4 is 13.2 Å². The Balaban J connectivity index is 0.00000101. The molecule has 25 heavy (non-hydrogen) atoms. The molecule has 4 N–H and O–H groups in total. The summed E-state index contributed by atoms with van der Waals surface area (Å²) in [6.45, 7) is 10.5. The monoisotopic (exact) mass is 370 g/mol. The van der Waals surface area contributed by atoms with Crippen LogP contribution in [0.3, 0.4) is 0 Å². The summed E-state index contributed by atoms with van der Waals surface area (Å²) in [5.74, 6) is 0.191. The Morgan fingerprint density at radius 1 is 0.960 bits per heavy atom. The zero-order chi connectivity index (χ0) is 17.7. The van der Waals surface area contributed by atoms with E-state index < -0.39 is 0 Å². The fourth-order valence-electron chi connectivity index (χ4n) is 3.61. The Morgan fingerprint density at radius 2 is 1.52 bits per heavy atom. The average molecular weight is 370 g/mol. The first-order chi connectivity index (χ1) is 11.6. The molecule has 2 aliphatic rings. The van der Waals surface area contributed by atoms with Gasteiger partial charge in [-0.25, -0.2) is 0 Å². The molecular weight excluding hydrogens is 335 g/mol. The molecule has 0 bridgehead atoms. The molecule has 1 aromatic carbocycles. The van der Waals surface area contributed by atoms with E-state index in [0.717, 1.165) is 42.3 Å². The van der Waals surface area contributed by atoms with E-state index in [-0.39, 0.29) is 24.9 Å². The van der Waals surface area contributed by atoms with E-state index >= 15 is 0 Å². The second-order valence-corrected chi connectivity index (χ2v) is 9.11. The minimum absolute atomic E-state index is 0. The quantitative estimate of drug-likeness (QED) is 0.617. The number of aromatic hydroxyl groups is 2. The zero-order valence-electron chi connectivity index (χ0n) is 16.1. The highest BCUT2D eigenvalue weighted by Crippen LogP contribution is 2.43. The molecule has 0 saturated carbocycles. The molecule has 3 rings (SSSR count). The summed E-state index contributed by atoms with van der Waals surface area (Å²) in [4.78, 5) is 5.07. The minimum atomic E-state index is -0.335. The van der Waals surface area contributed by atoms with Crippen molar-refractivity contribution in [3.63, 3.8) is 0 Å². The van der Waals surface area contributed by atoms with Crippen molar-refractivity contribution in [2.75, 3.05) is 45.6 Å². The van der Waals surface area contributed by atoms with Gasteiger partial charge in [0.2, 0.25) is 0 Å². The summed E-state index contributed by atoms with van der Waals surface area (Å²) in [6, 6.07) is 4.69. The number of likely N-dealkylation sites (tertiary alicyclic amines) is 1. The van der Waals surface area contributed by atoms with E-state index in [1.54, 1.807) is 0 Å². The molecule has 0 spiro atoms. The molecule has 5 nitrogen and oxygen atoms in total. The van der Waals surface area contributed by atoms with Crippen molar-refractivity contribution in [3.8, 4) is 11.5 Å². The van der Waals surface area contributed by atoms with Crippen LogP contribution in [0.2, 0.25) is 0 Å². The number of aryl methyl sites for hydroxylation is 1.